The fraction of sp³-hybridized carbons (Fsp3) is 0.364. The molecule has 1 aliphatic rings. The molecule has 1 aromatic carbocycles. The highest BCUT2D eigenvalue weighted by atomic mass is 32.2. The summed E-state index contributed by atoms with van der Waals surface area (Å²) in [5.74, 6) is 0.340. The van der Waals surface area contributed by atoms with Gasteiger partial charge >= 0.3 is 0 Å². The van der Waals surface area contributed by atoms with Crippen LogP contribution in [0.1, 0.15) is 0 Å². The largest absolute Gasteiger partial charge is 0.612 e. The second-order valence-electron chi connectivity index (χ2n) is 8.44. The first kappa shape index (κ1) is 24.2. The lowest BCUT2D eigenvalue weighted by molar-refractivity contribution is 0.262. The average molecular weight is 518 g/mol. The lowest BCUT2D eigenvalue weighted by Gasteiger charge is -2.36. The van der Waals surface area contributed by atoms with E-state index in [0.29, 0.717) is 56.0 Å². The third-order valence-electron chi connectivity index (χ3n) is 6.08. The summed E-state index contributed by atoms with van der Waals surface area (Å²) in [6.45, 7) is 3.85. The first-order valence-corrected chi connectivity index (χ1v) is 12.8. The molecule has 11 nitrogen and oxygen atoms in total. The van der Waals surface area contributed by atoms with Crippen LogP contribution in [0.2, 0.25) is 0 Å². The van der Waals surface area contributed by atoms with Crippen LogP contribution in [0.4, 0.5) is 26.4 Å². The molecule has 0 unspecified atom stereocenters. The van der Waals surface area contributed by atoms with E-state index in [1.54, 1.807) is 12.1 Å². The molecule has 14 heteroatoms. The topological polar surface area (TPSA) is 128 Å². The van der Waals surface area contributed by atoms with Gasteiger partial charge in [-0.05, 0) is 23.3 Å². The predicted molar refractivity (Wildman–Crippen MR) is 131 cm³/mol. The summed E-state index contributed by atoms with van der Waals surface area (Å²) < 4.78 is 46.8. The van der Waals surface area contributed by atoms with Gasteiger partial charge in [0.2, 0.25) is 17.7 Å². The summed E-state index contributed by atoms with van der Waals surface area (Å²) >= 11 is -1.53. The average Bonchev–Trinajstić information content (AvgIpc) is 3.53. The smallest absolute Gasteiger partial charge is 0.259 e. The van der Waals surface area contributed by atoms with E-state index in [1.165, 1.54) is 23.1 Å². The molecule has 1 fully saturated rings. The first-order chi connectivity index (χ1) is 17.3. The second kappa shape index (κ2) is 9.87. The van der Waals surface area contributed by atoms with E-state index in [-0.39, 0.29) is 16.5 Å². The van der Waals surface area contributed by atoms with Gasteiger partial charge in [-0.2, -0.15) is 19.5 Å². The summed E-state index contributed by atoms with van der Waals surface area (Å²) in [7, 11) is 1.87. The molecule has 0 amide bonds. The predicted octanol–water partition coefficient (Wildman–Crippen LogP) is 1.64. The summed E-state index contributed by atoms with van der Waals surface area (Å²) in [5.41, 5.74) is 6.36. The number of hydrogen-bond acceptors (Lipinski definition) is 10. The molecule has 0 saturated carbocycles. The number of nitrogen functional groups attached to an aromatic ring is 1. The maximum atomic E-state index is 14.4. The fourth-order valence-corrected chi connectivity index (χ4v) is 4.67. The van der Waals surface area contributed by atoms with Gasteiger partial charge in [-0.15, -0.1) is 5.10 Å². The van der Waals surface area contributed by atoms with Crippen molar-refractivity contribution in [2.75, 3.05) is 68.1 Å². The van der Waals surface area contributed by atoms with Crippen LogP contribution >= 0.6 is 0 Å². The van der Waals surface area contributed by atoms with E-state index < -0.39 is 22.8 Å². The quantitative estimate of drug-likeness (QED) is 0.361. The van der Waals surface area contributed by atoms with Gasteiger partial charge in [0.05, 0.1) is 12.0 Å². The normalized spacial score (nSPS) is 15.5. The van der Waals surface area contributed by atoms with Gasteiger partial charge in [-0.3, -0.25) is 4.90 Å². The van der Waals surface area contributed by atoms with E-state index >= 15 is 0 Å². The number of piperazine rings is 1. The highest BCUT2D eigenvalue weighted by Gasteiger charge is 2.24. The van der Waals surface area contributed by atoms with Crippen molar-refractivity contribution >= 4 is 34.5 Å². The van der Waals surface area contributed by atoms with Gasteiger partial charge in [0, 0.05) is 58.4 Å². The number of halogens is 2. The highest BCUT2D eigenvalue weighted by molar-refractivity contribution is 7.90. The van der Waals surface area contributed by atoms with Gasteiger partial charge in [0.1, 0.15) is 12.1 Å². The maximum absolute atomic E-state index is 14.4. The molecule has 2 N–H and O–H groups in total. The number of likely N-dealkylation sites (N-methyl/N-ethyl adjacent to an activating group) is 1. The Hall–Kier alpha value is -3.49. The standard InChI is InChI=1S/C22H25F2N9O2S/c1-30(21-27-20(25)33-22(28-21)26-19(29-33)17-4-3-11-35-17)5-6-31-7-9-32(10-8-31)16-13-18(36(2)34)15(24)12-14(16)23/h3-4,11-13H,5-10H2,1-2H3,(H2,25,26,27,28,29)/t36-/m0/s1. The van der Waals surface area contributed by atoms with Crippen molar-refractivity contribution in [3.8, 4) is 11.6 Å². The van der Waals surface area contributed by atoms with E-state index in [0.717, 1.165) is 12.6 Å². The van der Waals surface area contributed by atoms with Gasteiger partial charge in [0.25, 0.3) is 5.78 Å². The number of nitrogens with two attached hydrogens (primary N) is 1. The number of anilines is 3. The molecule has 4 aromatic rings. The number of aromatic nitrogens is 5. The number of fused-ring (bicyclic) bond motifs is 1. The van der Waals surface area contributed by atoms with Crippen LogP contribution in [-0.2, 0) is 11.2 Å². The van der Waals surface area contributed by atoms with Crippen LogP contribution in [0.3, 0.4) is 0 Å². The van der Waals surface area contributed by atoms with Crippen molar-refractivity contribution in [1.82, 2.24) is 29.5 Å². The van der Waals surface area contributed by atoms with Crippen molar-refractivity contribution in [1.29, 1.82) is 0 Å². The molecule has 190 valence electrons. The van der Waals surface area contributed by atoms with Gasteiger partial charge in [0.15, 0.2) is 16.5 Å². The van der Waals surface area contributed by atoms with E-state index in [4.69, 9.17) is 10.2 Å². The maximum Gasteiger partial charge on any atom is 0.259 e. The van der Waals surface area contributed by atoms with Crippen LogP contribution in [0.25, 0.3) is 17.4 Å². The Morgan fingerprint density at radius 3 is 2.61 bits per heavy atom. The second-order valence-corrected chi connectivity index (χ2v) is 9.79. The minimum Gasteiger partial charge on any atom is -0.612 e. The zero-order valence-electron chi connectivity index (χ0n) is 19.8. The molecule has 0 radical (unpaired) electrons. The summed E-state index contributed by atoms with van der Waals surface area (Å²) in [4.78, 5) is 19.2. The van der Waals surface area contributed by atoms with Crippen LogP contribution in [0.5, 0.6) is 0 Å². The first-order valence-electron chi connectivity index (χ1n) is 11.2. The molecule has 0 bridgehead atoms. The number of nitrogens with zero attached hydrogens (tertiary/aromatic N) is 8. The number of rotatable bonds is 7. The third kappa shape index (κ3) is 4.79. The lowest BCUT2D eigenvalue weighted by atomic mass is 10.2. The van der Waals surface area contributed by atoms with E-state index in [9.17, 15) is 13.3 Å². The van der Waals surface area contributed by atoms with Crippen LogP contribution in [-0.4, -0.2) is 86.6 Å². The Balaban J connectivity index is 1.20. The number of benzene rings is 1. The van der Waals surface area contributed by atoms with Crippen LogP contribution in [0.15, 0.2) is 39.8 Å². The molecule has 4 heterocycles. The molecule has 0 spiro atoms. The van der Waals surface area contributed by atoms with Crippen molar-refractivity contribution in [3.05, 3.63) is 42.2 Å². The van der Waals surface area contributed by atoms with Gasteiger partial charge < -0.3 is 24.5 Å². The Morgan fingerprint density at radius 2 is 1.92 bits per heavy atom. The molecule has 36 heavy (non-hydrogen) atoms. The van der Waals surface area contributed by atoms with Crippen molar-refractivity contribution < 1.29 is 17.8 Å². The molecule has 5 rings (SSSR count). The Morgan fingerprint density at radius 1 is 1.14 bits per heavy atom. The van der Waals surface area contributed by atoms with Crippen molar-refractivity contribution in [2.24, 2.45) is 0 Å². The van der Waals surface area contributed by atoms with Crippen molar-refractivity contribution in [3.63, 3.8) is 0 Å². The molecule has 3 aromatic heterocycles. The summed E-state index contributed by atoms with van der Waals surface area (Å²) in [5, 5.41) is 4.30. The SMILES string of the molecule is CN(CCN1CCN(c2cc([S@+](C)[O-])c(F)cc2F)CC1)c1nc(N)n2nc(-c3ccco3)nc2n1. The molecular formula is C22H25F2N9O2S. The zero-order valence-corrected chi connectivity index (χ0v) is 20.6. The zero-order chi connectivity index (χ0) is 25.4. The van der Waals surface area contributed by atoms with Crippen molar-refractivity contribution in [2.45, 2.75) is 4.90 Å². The van der Waals surface area contributed by atoms with E-state index in [2.05, 4.69) is 25.0 Å². The monoisotopic (exact) mass is 517 g/mol. The molecule has 1 atom stereocenters. The number of hydrogen-bond donors (Lipinski definition) is 1. The minimum absolute atomic E-state index is 0.00986. The molecular weight excluding hydrogens is 492 g/mol. The molecule has 0 aliphatic carbocycles. The fourth-order valence-electron chi connectivity index (χ4n) is 4.06. The summed E-state index contributed by atoms with van der Waals surface area (Å²) in [6, 6.07) is 5.65. The van der Waals surface area contributed by atoms with Gasteiger partial charge in [-0.25, -0.2) is 8.78 Å². The Labute approximate surface area is 208 Å². The van der Waals surface area contributed by atoms with E-state index in [1.807, 2.05) is 16.8 Å². The lowest BCUT2D eigenvalue weighted by Crippen LogP contribution is -2.48. The highest BCUT2D eigenvalue weighted by Crippen LogP contribution is 2.27. The molecule has 1 aliphatic heterocycles. The van der Waals surface area contributed by atoms with Crippen LogP contribution in [0, 0.1) is 11.6 Å². The van der Waals surface area contributed by atoms with Crippen LogP contribution < -0.4 is 15.5 Å². The Bertz CT molecular complexity index is 1360. The number of furan rings is 1. The van der Waals surface area contributed by atoms with Gasteiger partial charge in [-0.1, -0.05) is 0 Å². The molecule has 1 saturated heterocycles. The Kier molecular flexibility index (Phi) is 6.64. The minimum atomic E-state index is -1.53. The third-order valence-corrected chi connectivity index (χ3v) is 7.01. The summed E-state index contributed by atoms with van der Waals surface area (Å²) in [6.07, 6.45) is 2.92.